The van der Waals surface area contributed by atoms with E-state index in [2.05, 4.69) is 32.0 Å². The number of aromatic nitrogens is 5. The van der Waals surface area contributed by atoms with Crippen molar-refractivity contribution in [3.63, 3.8) is 0 Å². The number of imidazole rings is 1. The number of ether oxygens (including phenoxy) is 1. The van der Waals surface area contributed by atoms with Gasteiger partial charge in [0, 0.05) is 30.4 Å². The molecule has 4 aliphatic rings. The summed E-state index contributed by atoms with van der Waals surface area (Å²) in [5.41, 5.74) is 6.11. The van der Waals surface area contributed by atoms with Crippen LogP contribution >= 0.6 is 0 Å². The molecule has 2 N–H and O–H groups in total. The SMILES string of the molecule is CC(C(=O)N(C)c1cnc2nc(-c3n[nH]c4c3C[C@@H]3C[C@]3(C)C4)[nH]c2c1)N1C2COCC1C2. The van der Waals surface area contributed by atoms with Crippen LogP contribution in [-0.4, -0.2) is 74.3 Å². The van der Waals surface area contributed by atoms with Gasteiger partial charge in [-0.25, -0.2) is 9.97 Å². The number of nitrogens with one attached hydrogen (secondary N) is 2. The number of morpholine rings is 1. The van der Waals surface area contributed by atoms with Gasteiger partial charge in [-0.2, -0.15) is 5.10 Å². The molecule has 9 nitrogen and oxygen atoms in total. The maximum atomic E-state index is 13.2. The van der Waals surface area contributed by atoms with Crippen LogP contribution in [0.15, 0.2) is 12.3 Å². The molecule has 7 rings (SSSR count). The van der Waals surface area contributed by atoms with Crippen molar-refractivity contribution in [1.82, 2.24) is 30.0 Å². The Morgan fingerprint density at radius 1 is 1.36 bits per heavy atom. The number of nitrogens with zero attached hydrogens (tertiary/aromatic N) is 5. The zero-order valence-electron chi connectivity index (χ0n) is 19.3. The molecule has 3 aromatic heterocycles. The quantitative estimate of drug-likeness (QED) is 0.636. The van der Waals surface area contributed by atoms with E-state index in [1.165, 1.54) is 17.7 Å². The summed E-state index contributed by atoms with van der Waals surface area (Å²) >= 11 is 0. The van der Waals surface area contributed by atoms with Crippen LogP contribution in [0.4, 0.5) is 5.69 Å². The van der Waals surface area contributed by atoms with E-state index in [9.17, 15) is 4.79 Å². The summed E-state index contributed by atoms with van der Waals surface area (Å²) in [5.74, 6) is 1.57. The first-order chi connectivity index (χ1) is 15.9. The highest BCUT2D eigenvalue weighted by Crippen LogP contribution is 2.59. The number of hydrogen-bond acceptors (Lipinski definition) is 6. The van der Waals surface area contributed by atoms with Gasteiger partial charge in [0.2, 0.25) is 5.91 Å². The van der Waals surface area contributed by atoms with Crippen LogP contribution in [0.25, 0.3) is 22.7 Å². The van der Waals surface area contributed by atoms with Crippen LogP contribution < -0.4 is 4.90 Å². The van der Waals surface area contributed by atoms with Gasteiger partial charge < -0.3 is 14.6 Å². The lowest BCUT2D eigenvalue weighted by atomic mass is 9.88. The molecule has 33 heavy (non-hydrogen) atoms. The summed E-state index contributed by atoms with van der Waals surface area (Å²) in [5, 5.41) is 7.84. The number of carbonyl (C=O) groups excluding carboxylic acids is 1. The van der Waals surface area contributed by atoms with Crippen molar-refractivity contribution in [3.05, 3.63) is 23.5 Å². The van der Waals surface area contributed by atoms with Crippen molar-refractivity contribution >= 4 is 22.8 Å². The zero-order chi connectivity index (χ0) is 22.5. The second kappa shape index (κ2) is 6.64. The van der Waals surface area contributed by atoms with Crippen molar-refractivity contribution in [2.45, 2.75) is 57.7 Å². The van der Waals surface area contributed by atoms with Crippen molar-refractivity contribution in [2.24, 2.45) is 11.3 Å². The number of amides is 1. The topological polar surface area (TPSA) is 103 Å². The number of rotatable bonds is 4. The first-order valence-electron chi connectivity index (χ1n) is 12.0. The number of carbonyl (C=O) groups is 1. The van der Waals surface area contributed by atoms with E-state index in [1.54, 1.807) is 11.1 Å². The van der Waals surface area contributed by atoms with Crippen molar-refractivity contribution in [3.8, 4) is 11.5 Å². The molecule has 3 unspecified atom stereocenters. The van der Waals surface area contributed by atoms with Crippen molar-refractivity contribution < 1.29 is 9.53 Å². The third-order valence-corrected chi connectivity index (χ3v) is 8.60. The molecule has 1 amide bonds. The summed E-state index contributed by atoms with van der Waals surface area (Å²) in [6.45, 7) is 5.81. The number of H-pyrrole nitrogens is 2. The van der Waals surface area contributed by atoms with Crippen LogP contribution in [0.2, 0.25) is 0 Å². The lowest BCUT2D eigenvalue weighted by Gasteiger charge is -2.54. The number of fused-ring (bicyclic) bond motifs is 5. The van der Waals surface area contributed by atoms with Gasteiger partial charge in [-0.3, -0.25) is 14.8 Å². The van der Waals surface area contributed by atoms with Gasteiger partial charge in [0.05, 0.1) is 36.7 Å². The monoisotopic (exact) mass is 447 g/mol. The molecule has 5 heterocycles. The van der Waals surface area contributed by atoms with Crippen molar-refractivity contribution in [1.29, 1.82) is 0 Å². The Labute approximate surface area is 191 Å². The first-order valence-corrected chi connectivity index (χ1v) is 12.0. The normalized spacial score (nSPS) is 30.9. The van der Waals surface area contributed by atoms with E-state index in [0.29, 0.717) is 23.1 Å². The average Bonchev–Trinajstić information content (AvgIpc) is 3.11. The largest absolute Gasteiger partial charge is 0.378 e. The van der Waals surface area contributed by atoms with E-state index >= 15 is 0 Å². The first kappa shape index (κ1) is 19.7. The molecule has 2 saturated heterocycles. The van der Waals surface area contributed by atoms with Crippen LogP contribution in [0.1, 0.15) is 37.9 Å². The highest BCUT2D eigenvalue weighted by molar-refractivity contribution is 5.97. The Kier molecular flexibility index (Phi) is 3.95. The molecule has 2 aliphatic carbocycles. The summed E-state index contributed by atoms with van der Waals surface area (Å²) in [6.07, 6.45) is 6.28. The number of hydrogen-bond donors (Lipinski definition) is 2. The Hall–Kier alpha value is -2.78. The fraction of sp³-hybridized carbons (Fsp3) is 0.583. The van der Waals surface area contributed by atoms with Gasteiger partial charge >= 0.3 is 0 Å². The molecule has 2 bridgehead atoms. The third-order valence-electron chi connectivity index (χ3n) is 8.60. The van der Waals surface area contributed by atoms with Gasteiger partial charge in [-0.05, 0) is 50.0 Å². The predicted octanol–water partition coefficient (Wildman–Crippen LogP) is 2.30. The standard InChI is InChI=1S/C24H29N7O2/c1-12(31-15-5-16(31)11-33-10-15)23(32)30(3)14-6-18-21(25-9-14)27-22(26-18)20-17-4-13-7-24(13,2)8-19(17)28-29-20/h6,9,12-13,15-16H,4-5,7-8,10-11H2,1-3H3,(H,28,29)(H,25,26,27)/t12?,13-,15?,16?,24-/m1/s1. The Bertz CT molecular complexity index is 1270. The maximum Gasteiger partial charge on any atom is 0.243 e. The fourth-order valence-electron chi connectivity index (χ4n) is 6.37. The minimum atomic E-state index is -0.181. The lowest BCUT2D eigenvalue weighted by Crippen LogP contribution is -2.68. The second-order valence-corrected chi connectivity index (χ2v) is 10.7. The van der Waals surface area contributed by atoms with E-state index in [4.69, 9.17) is 9.72 Å². The maximum absolute atomic E-state index is 13.2. The predicted molar refractivity (Wildman–Crippen MR) is 123 cm³/mol. The molecule has 0 spiro atoms. The smallest absolute Gasteiger partial charge is 0.243 e. The molecular weight excluding hydrogens is 418 g/mol. The van der Waals surface area contributed by atoms with E-state index < -0.39 is 0 Å². The molecule has 3 aromatic rings. The fourth-order valence-corrected chi connectivity index (χ4v) is 6.37. The van der Waals surface area contributed by atoms with E-state index in [0.717, 1.165) is 61.1 Å². The molecule has 3 fully saturated rings. The Morgan fingerprint density at radius 3 is 2.97 bits per heavy atom. The average molecular weight is 448 g/mol. The van der Waals surface area contributed by atoms with Gasteiger partial charge in [-0.1, -0.05) is 6.92 Å². The van der Waals surface area contributed by atoms with Crippen LogP contribution in [-0.2, 0) is 22.4 Å². The summed E-state index contributed by atoms with van der Waals surface area (Å²) in [7, 11) is 1.82. The lowest BCUT2D eigenvalue weighted by molar-refractivity contribution is -0.156. The third kappa shape index (κ3) is 2.85. The molecule has 2 aliphatic heterocycles. The minimum absolute atomic E-state index is 0.0707. The summed E-state index contributed by atoms with van der Waals surface area (Å²) < 4.78 is 5.57. The number of pyridine rings is 1. The van der Waals surface area contributed by atoms with Gasteiger partial charge in [-0.15, -0.1) is 0 Å². The molecule has 0 aromatic carbocycles. The van der Waals surface area contributed by atoms with Gasteiger partial charge in [0.25, 0.3) is 0 Å². The number of likely N-dealkylation sites (N-methyl/N-ethyl adjacent to an activating group) is 1. The van der Waals surface area contributed by atoms with Crippen LogP contribution in [0.5, 0.6) is 0 Å². The zero-order valence-corrected chi connectivity index (χ0v) is 19.3. The molecular formula is C24H29N7O2. The molecule has 5 atom stereocenters. The Balaban J connectivity index is 1.15. The number of aromatic amines is 2. The van der Waals surface area contributed by atoms with Gasteiger partial charge in [0.1, 0.15) is 5.69 Å². The van der Waals surface area contributed by atoms with E-state index in [1.807, 2.05) is 20.0 Å². The van der Waals surface area contributed by atoms with E-state index in [-0.39, 0.29) is 11.9 Å². The minimum Gasteiger partial charge on any atom is -0.378 e. The second-order valence-electron chi connectivity index (χ2n) is 10.7. The van der Waals surface area contributed by atoms with Gasteiger partial charge in [0.15, 0.2) is 11.5 Å². The highest BCUT2D eigenvalue weighted by atomic mass is 16.5. The van der Waals surface area contributed by atoms with Crippen LogP contribution in [0.3, 0.4) is 0 Å². The summed E-state index contributed by atoms with van der Waals surface area (Å²) in [4.78, 5) is 29.9. The van der Waals surface area contributed by atoms with Crippen LogP contribution in [0, 0.1) is 11.3 Å². The summed E-state index contributed by atoms with van der Waals surface area (Å²) in [6, 6.07) is 2.50. The highest BCUT2D eigenvalue weighted by Gasteiger charge is 2.53. The molecule has 0 radical (unpaired) electrons. The Morgan fingerprint density at radius 2 is 2.18 bits per heavy atom. The molecule has 9 heteroatoms. The molecule has 172 valence electrons. The molecule has 1 saturated carbocycles. The number of anilines is 1. The van der Waals surface area contributed by atoms with Crippen molar-refractivity contribution in [2.75, 3.05) is 25.2 Å².